The first-order chi connectivity index (χ1) is 10.1. The Morgan fingerprint density at radius 2 is 2.33 bits per heavy atom. The van der Waals surface area contributed by atoms with Crippen molar-refractivity contribution in [3.63, 3.8) is 0 Å². The van der Waals surface area contributed by atoms with Gasteiger partial charge in [0.15, 0.2) is 0 Å². The van der Waals surface area contributed by atoms with Crippen LogP contribution in [0.3, 0.4) is 0 Å². The van der Waals surface area contributed by atoms with Gasteiger partial charge in [-0.2, -0.15) is 0 Å². The molecule has 0 bridgehead atoms. The van der Waals surface area contributed by atoms with Crippen LogP contribution in [-0.2, 0) is 17.7 Å². The molecule has 4 nitrogen and oxygen atoms in total. The van der Waals surface area contributed by atoms with Crippen molar-refractivity contribution in [2.24, 2.45) is 5.92 Å². The number of amides is 2. The third-order valence-corrected chi connectivity index (χ3v) is 4.73. The lowest BCUT2D eigenvalue weighted by molar-refractivity contribution is 0.169. The van der Waals surface area contributed by atoms with Crippen LogP contribution in [0, 0.1) is 5.92 Å². The standard InChI is InChI=1S/C16H21ClN2O2/c1-11(13-5-7-21-10-13)18-16(20)19-6-4-12-2-3-15(17)8-14(12)9-19/h2-3,8,11,13H,4-7,9-10H2,1H3,(H,18,20)/t11-,13+/m0/s1. The summed E-state index contributed by atoms with van der Waals surface area (Å²) >= 11 is 6.04. The van der Waals surface area contributed by atoms with Crippen molar-refractivity contribution in [3.8, 4) is 0 Å². The molecule has 3 rings (SSSR count). The third kappa shape index (κ3) is 3.33. The molecule has 0 spiro atoms. The summed E-state index contributed by atoms with van der Waals surface area (Å²) in [6.45, 7) is 5.01. The quantitative estimate of drug-likeness (QED) is 0.913. The minimum atomic E-state index is 0.0139. The van der Waals surface area contributed by atoms with Crippen molar-refractivity contribution < 1.29 is 9.53 Å². The average Bonchev–Trinajstić information content (AvgIpc) is 3.00. The number of hydrogen-bond acceptors (Lipinski definition) is 2. The van der Waals surface area contributed by atoms with Crippen LogP contribution in [-0.4, -0.2) is 36.7 Å². The van der Waals surface area contributed by atoms with Crippen LogP contribution in [0.1, 0.15) is 24.5 Å². The minimum Gasteiger partial charge on any atom is -0.381 e. The SMILES string of the molecule is C[C@H](NC(=O)N1CCc2ccc(Cl)cc2C1)[C@@H]1CCOC1. The molecule has 2 amide bonds. The Kier molecular flexibility index (Phi) is 4.36. The normalized spacial score (nSPS) is 22.8. The van der Waals surface area contributed by atoms with Crippen LogP contribution < -0.4 is 5.32 Å². The van der Waals surface area contributed by atoms with Gasteiger partial charge in [0.25, 0.3) is 0 Å². The second-order valence-electron chi connectivity index (χ2n) is 5.95. The second kappa shape index (κ2) is 6.24. The predicted molar refractivity (Wildman–Crippen MR) is 82.5 cm³/mol. The fourth-order valence-electron chi connectivity index (χ4n) is 3.05. The topological polar surface area (TPSA) is 41.6 Å². The highest BCUT2D eigenvalue weighted by Crippen LogP contribution is 2.23. The maximum Gasteiger partial charge on any atom is 0.317 e. The molecule has 2 aliphatic rings. The highest BCUT2D eigenvalue weighted by Gasteiger charge is 2.26. The zero-order valence-electron chi connectivity index (χ0n) is 12.3. The molecule has 0 radical (unpaired) electrons. The van der Waals surface area contributed by atoms with Crippen molar-refractivity contribution >= 4 is 17.6 Å². The van der Waals surface area contributed by atoms with E-state index in [1.54, 1.807) is 0 Å². The fraction of sp³-hybridized carbons (Fsp3) is 0.562. The molecule has 5 heteroatoms. The van der Waals surface area contributed by atoms with Gasteiger partial charge in [-0.25, -0.2) is 4.79 Å². The monoisotopic (exact) mass is 308 g/mol. The van der Waals surface area contributed by atoms with Crippen molar-refractivity contribution in [1.82, 2.24) is 10.2 Å². The largest absolute Gasteiger partial charge is 0.381 e. The smallest absolute Gasteiger partial charge is 0.317 e. The van der Waals surface area contributed by atoms with E-state index in [0.29, 0.717) is 12.5 Å². The number of urea groups is 1. The van der Waals surface area contributed by atoms with Gasteiger partial charge in [-0.15, -0.1) is 0 Å². The lowest BCUT2D eigenvalue weighted by Gasteiger charge is -2.31. The number of nitrogens with zero attached hydrogens (tertiary/aromatic N) is 1. The van der Waals surface area contributed by atoms with Crippen LogP contribution in [0.5, 0.6) is 0 Å². The maximum atomic E-state index is 12.4. The third-order valence-electron chi connectivity index (χ3n) is 4.49. The lowest BCUT2D eigenvalue weighted by atomic mass is 9.99. The van der Waals surface area contributed by atoms with Gasteiger partial charge in [-0.3, -0.25) is 0 Å². The first-order valence-electron chi connectivity index (χ1n) is 7.54. The van der Waals surface area contributed by atoms with E-state index in [-0.39, 0.29) is 12.1 Å². The van der Waals surface area contributed by atoms with Gasteiger partial charge in [0, 0.05) is 36.7 Å². The minimum absolute atomic E-state index is 0.0139. The Hall–Kier alpha value is -1.26. The molecule has 1 aromatic carbocycles. The number of carbonyl (C=O) groups is 1. The van der Waals surface area contributed by atoms with Gasteiger partial charge < -0.3 is 15.0 Å². The van der Waals surface area contributed by atoms with Crippen LogP contribution >= 0.6 is 11.6 Å². The van der Waals surface area contributed by atoms with E-state index < -0.39 is 0 Å². The lowest BCUT2D eigenvalue weighted by Crippen LogP contribution is -2.48. The average molecular weight is 309 g/mol. The van der Waals surface area contributed by atoms with Crippen molar-refractivity contribution in [1.29, 1.82) is 0 Å². The highest BCUT2D eigenvalue weighted by molar-refractivity contribution is 6.30. The Labute approximate surface area is 130 Å². The summed E-state index contributed by atoms with van der Waals surface area (Å²) < 4.78 is 5.39. The summed E-state index contributed by atoms with van der Waals surface area (Å²) in [5.41, 5.74) is 2.45. The summed E-state index contributed by atoms with van der Waals surface area (Å²) in [5, 5.41) is 3.84. The van der Waals surface area contributed by atoms with E-state index in [2.05, 4.69) is 18.3 Å². The zero-order valence-corrected chi connectivity index (χ0v) is 13.0. The Morgan fingerprint density at radius 3 is 3.10 bits per heavy atom. The number of fused-ring (bicyclic) bond motifs is 1. The molecule has 0 aromatic heterocycles. The van der Waals surface area contributed by atoms with Crippen molar-refractivity contribution in [3.05, 3.63) is 34.3 Å². The number of benzene rings is 1. The molecule has 21 heavy (non-hydrogen) atoms. The van der Waals surface area contributed by atoms with Crippen LogP contribution in [0.25, 0.3) is 0 Å². The highest BCUT2D eigenvalue weighted by atomic mass is 35.5. The summed E-state index contributed by atoms with van der Waals surface area (Å²) in [5.74, 6) is 0.431. The number of rotatable bonds is 2. The molecule has 0 unspecified atom stereocenters. The summed E-state index contributed by atoms with van der Waals surface area (Å²) in [4.78, 5) is 14.3. The van der Waals surface area contributed by atoms with Crippen molar-refractivity contribution in [2.75, 3.05) is 19.8 Å². The molecule has 1 aromatic rings. The summed E-state index contributed by atoms with van der Waals surface area (Å²) in [7, 11) is 0. The van der Waals surface area contributed by atoms with Crippen molar-refractivity contribution in [2.45, 2.75) is 32.4 Å². The van der Waals surface area contributed by atoms with Gasteiger partial charge in [-0.1, -0.05) is 17.7 Å². The van der Waals surface area contributed by atoms with E-state index in [4.69, 9.17) is 16.3 Å². The van der Waals surface area contributed by atoms with Crippen LogP contribution in [0.4, 0.5) is 4.79 Å². The zero-order chi connectivity index (χ0) is 14.8. The number of hydrogen-bond donors (Lipinski definition) is 1. The first kappa shape index (κ1) is 14.7. The summed E-state index contributed by atoms with van der Waals surface area (Å²) in [6.07, 6.45) is 1.92. The van der Waals surface area contributed by atoms with Gasteiger partial charge in [0.05, 0.1) is 6.61 Å². The molecular formula is C16H21ClN2O2. The van der Waals surface area contributed by atoms with Gasteiger partial charge in [-0.05, 0) is 43.0 Å². The molecule has 0 saturated carbocycles. The molecule has 1 fully saturated rings. The molecular weight excluding hydrogens is 288 g/mol. The van der Waals surface area contributed by atoms with Crippen LogP contribution in [0.15, 0.2) is 18.2 Å². The van der Waals surface area contributed by atoms with E-state index in [0.717, 1.165) is 43.2 Å². The fourth-order valence-corrected chi connectivity index (χ4v) is 3.24. The van der Waals surface area contributed by atoms with E-state index in [9.17, 15) is 4.79 Å². The molecule has 2 aliphatic heterocycles. The molecule has 2 heterocycles. The second-order valence-corrected chi connectivity index (χ2v) is 6.38. The predicted octanol–water partition coefficient (Wildman–Crippen LogP) is 2.83. The van der Waals surface area contributed by atoms with Gasteiger partial charge in [0.1, 0.15) is 0 Å². The molecule has 0 aliphatic carbocycles. The maximum absolute atomic E-state index is 12.4. The molecule has 114 valence electrons. The van der Waals surface area contributed by atoms with E-state index >= 15 is 0 Å². The first-order valence-corrected chi connectivity index (χ1v) is 7.92. The van der Waals surface area contributed by atoms with Gasteiger partial charge >= 0.3 is 6.03 Å². The number of halogens is 1. The summed E-state index contributed by atoms with van der Waals surface area (Å²) in [6, 6.07) is 6.11. The number of nitrogens with one attached hydrogen (secondary N) is 1. The van der Waals surface area contributed by atoms with Crippen LogP contribution in [0.2, 0.25) is 5.02 Å². The Bertz CT molecular complexity index is 529. The number of carbonyl (C=O) groups excluding carboxylic acids is 1. The van der Waals surface area contributed by atoms with E-state index in [1.807, 2.05) is 17.0 Å². The van der Waals surface area contributed by atoms with Gasteiger partial charge in [0.2, 0.25) is 0 Å². The molecule has 1 saturated heterocycles. The molecule has 2 atom stereocenters. The Balaban J connectivity index is 1.61. The number of ether oxygens (including phenoxy) is 1. The Morgan fingerprint density at radius 1 is 1.48 bits per heavy atom. The molecule has 1 N–H and O–H groups in total. The van der Waals surface area contributed by atoms with E-state index in [1.165, 1.54) is 5.56 Å².